The molecule has 0 bridgehead atoms. The van der Waals surface area contributed by atoms with Crippen LogP contribution >= 0.6 is 23.2 Å². The van der Waals surface area contributed by atoms with Gasteiger partial charge >= 0.3 is 0 Å². The Morgan fingerprint density at radius 2 is 1.67 bits per heavy atom. The van der Waals surface area contributed by atoms with Gasteiger partial charge in [0.2, 0.25) is 23.6 Å². The Kier molecular flexibility index (Phi) is 11.7. The van der Waals surface area contributed by atoms with E-state index in [-0.39, 0.29) is 11.8 Å². The highest BCUT2D eigenvalue weighted by atomic mass is 35.5. The van der Waals surface area contributed by atoms with Crippen molar-refractivity contribution in [2.24, 2.45) is 5.92 Å². The predicted molar refractivity (Wildman–Crippen MR) is 178 cm³/mol. The van der Waals surface area contributed by atoms with Gasteiger partial charge in [0, 0.05) is 73.9 Å². The fraction of sp³-hybridized carbons (Fsp3) is 0.424. The first kappa shape index (κ1) is 33.4. The maximum Gasteiger partial charge on any atom is 0.249 e. The number of piperidine rings is 1. The number of halogens is 2. The molecule has 0 atom stereocenters. The Balaban J connectivity index is 1.26. The first-order valence-corrected chi connectivity index (χ1v) is 16.3. The van der Waals surface area contributed by atoms with Crippen molar-refractivity contribution in [3.63, 3.8) is 0 Å². The van der Waals surface area contributed by atoms with Crippen LogP contribution in [0, 0.1) is 5.92 Å². The van der Waals surface area contributed by atoms with Crippen molar-refractivity contribution in [1.82, 2.24) is 30.1 Å². The highest BCUT2D eigenvalue weighted by Crippen LogP contribution is 2.31. The van der Waals surface area contributed by atoms with E-state index in [1.165, 1.54) is 12.3 Å². The number of anilines is 1. The molecule has 2 aliphatic rings. The number of aromatic nitrogens is 3. The summed E-state index contributed by atoms with van der Waals surface area (Å²) >= 11 is 12.7. The van der Waals surface area contributed by atoms with Gasteiger partial charge in [0.05, 0.1) is 31.0 Å². The minimum absolute atomic E-state index is 0.0126. The molecule has 244 valence electrons. The Morgan fingerprint density at radius 3 is 2.33 bits per heavy atom. The molecule has 2 fully saturated rings. The number of rotatable bonds is 11. The molecule has 0 unspecified atom stereocenters. The van der Waals surface area contributed by atoms with E-state index in [1.54, 1.807) is 30.3 Å². The van der Waals surface area contributed by atoms with Crippen LogP contribution in [0.4, 0.5) is 5.95 Å². The number of hydrogen-bond donors (Lipinski definition) is 1. The van der Waals surface area contributed by atoms with Crippen LogP contribution in [0.2, 0.25) is 10.0 Å². The highest BCUT2D eigenvalue weighted by molar-refractivity contribution is 6.35. The lowest BCUT2D eigenvalue weighted by molar-refractivity contribution is -0.126. The number of ether oxygens (including phenoxy) is 2. The number of likely N-dealkylation sites (tertiary alicyclic amines) is 1. The lowest BCUT2D eigenvalue weighted by atomic mass is 9.96. The van der Waals surface area contributed by atoms with E-state index < -0.39 is 0 Å². The molecule has 2 amide bonds. The normalized spacial score (nSPS) is 16.1. The molecular weight excluding hydrogens is 629 g/mol. The average molecular weight is 669 g/mol. The van der Waals surface area contributed by atoms with E-state index in [4.69, 9.17) is 37.7 Å². The molecule has 0 saturated carbocycles. The quantitative estimate of drug-likeness (QED) is 0.218. The zero-order chi connectivity index (χ0) is 32.5. The van der Waals surface area contributed by atoms with Gasteiger partial charge in [-0.3, -0.25) is 14.5 Å². The molecule has 0 radical (unpaired) electrons. The van der Waals surface area contributed by atoms with Gasteiger partial charge in [0.15, 0.2) is 5.75 Å². The van der Waals surface area contributed by atoms with Crippen molar-refractivity contribution < 1.29 is 19.1 Å². The Labute approximate surface area is 279 Å². The van der Waals surface area contributed by atoms with Crippen LogP contribution < -0.4 is 15.0 Å². The summed E-state index contributed by atoms with van der Waals surface area (Å²) in [5, 5.41) is 3.99. The molecule has 2 saturated heterocycles. The number of hydrogen-bond acceptors (Lipinski definition) is 9. The van der Waals surface area contributed by atoms with Crippen LogP contribution in [0.1, 0.15) is 32.3 Å². The molecule has 1 aromatic carbocycles. The Hall–Kier alpha value is -3.93. The van der Waals surface area contributed by atoms with E-state index in [0.717, 1.165) is 50.1 Å². The molecule has 5 rings (SSSR count). The van der Waals surface area contributed by atoms with E-state index in [0.29, 0.717) is 72.0 Å². The van der Waals surface area contributed by atoms with Gasteiger partial charge in [-0.25, -0.2) is 15.0 Å². The highest BCUT2D eigenvalue weighted by Gasteiger charge is 2.22. The molecule has 4 heterocycles. The third-order valence-corrected chi connectivity index (χ3v) is 8.39. The van der Waals surface area contributed by atoms with E-state index in [2.05, 4.69) is 20.2 Å². The van der Waals surface area contributed by atoms with Crippen LogP contribution in [-0.2, 0) is 20.9 Å². The fourth-order valence-electron chi connectivity index (χ4n) is 5.53. The standard InChI is InChI=1S/C33H39Cl2N7O4/c1-3-45-13-6-32(44)41-9-11-42(12-10-41)33-37-20-29(21-38-33)46-31-15-25(14-30(39-31)26-16-27(34)18-28(35)17-26)22-40-7-4-24(5-8-40)19-36-23(2)43/h6,13-18,20-21,24H,3-5,7-12,19,22H2,1-2H3,(H,36,43)/b13-6+. The van der Waals surface area contributed by atoms with Gasteiger partial charge in [-0.2, -0.15) is 0 Å². The summed E-state index contributed by atoms with van der Waals surface area (Å²) in [5.74, 6) is 1.86. The number of nitrogens with zero attached hydrogens (tertiary/aromatic N) is 6. The average Bonchev–Trinajstić information content (AvgIpc) is 3.04. The molecular formula is C33H39Cl2N7O4. The number of piperazine rings is 1. The second-order valence-electron chi connectivity index (χ2n) is 11.4. The van der Waals surface area contributed by atoms with Crippen molar-refractivity contribution in [3.05, 3.63) is 70.7 Å². The van der Waals surface area contributed by atoms with Gasteiger partial charge in [0.25, 0.3) is 0 Å². The SMILES string of the molecule is CCO/C=C/C(=O)N1CCN(c2ncc(Oc3cc(CN4CCC(CNC(C)=O)CC4)cc(-c4cc(Cl)cc(Cl)c4)n3)cn2)CC1. The summed E-state index contributed by atoms with van der Waals surface area (Å²) in [6, 6.07) is 9.32. The van der Waals surface area contributed by atoms with Crippen molar-refractivity contribution >= 4 is 41.0 Å². The van der Waals surface area contributed by atoms with Crippen LogP contribution in [0.5, 0.6) is 11.6 Å². The lowest BCUT2D eigenvalue weighted by Crippen LogP contribution is -2.48. The number of amides is 2. The third-order valence-electron chi connectivity index (χ3n) is 7.96. The summed E-state index contributed by atoms with van der Waals surface area (Å²) in [6.45, 7) is 9.63. The molecule has 3 aromatic rings. The number of carbonyl (C=O) groups excluding carboxylic acids is 2. The molecule has 0 spiro atoms. The Morgan fingerprint density at radius 1 is 0.978 bits per heavy atom. The van der Waals surface area contributed by atoms with Crippen LogP contribution in [0.15, 0.2) is 55.1 Å². The fourth-order valence-corrected chi connectivity index (χ4v) is 6.05. The number of pyridine rings is 1. The summed E-state index contributed by atoms with van der Waals surface area (Å²) in [7, 11) is 0. The van der Waals surface area contributed by atoms with E-state index >= 15 is 0 Å². The first-order valence-electron chi connectivity index (χ1n) is 15.5. The molecule has 0 aliphatic carbocycles. The lowest BCUT2D eigenvalue weighted by Gasteiger charge is -2.34. The maximum atomic E-state index is 12.3. The Bertz CT molecular complexity index is 1500. The number of nitrogens with one attached hydrogen (secondary N) is 1. The second-order valence-corrected chi connectivity index (χ2v) is 12.3. The third kappa shape index (κ3) is 9.54. The van der Waals surface area contributed by atoms with Gasteiger partial charge in [-0.05, 0) is 68.6 Å². The molecule has 1 N–H and O–H groups in total. The summed E-state index contributed by atoms with van der Waals surface area (Å²) < 4.78 is 11.3. The minimum Gasteiger partial charge on any atom is -0.501 e. The van der Waals surface area contributed by atoms with Gasteiger partial charge in [-0.1, -0.05) is 23.2 Å². The monoisotopic (exact) mass is 667 g/mol. The summed E-state index contributed by atoms with van der Waals surface area (Å²) in [5.41, 5.74) is 2.52. The summed E-state index contributed by atoms with van der Waals surface area (Å²) in [4.78, 5) is 43.7. The maximum absolute atomic E-state index is 12.3. The first-order chi connectivity index (χ1) is 22.2. The number of benzene rings is 1. The van der Waals surface area contributed by atoms with Gasteiger partial charge in [-0.15, -0.1) is 0 Å². The van der Waals surface area contributed by atoms with Gasteiger partial charge < -0.3 is 24.6 Å². The topological polar surface area (TPSA) is 113 Å². The van der Waals surface area contributed by atoms with Crippen molar-refractivity contribution in [3.8, 4) is 22.9 Å². The van der Waals surface area contributed by atoms with Crippen LogP contribution in [-0.4, -0.2) is 89.0 Å². The molecule has 13 heteroatoms. The minimum atomic E-state index is -0.0710. The van der Waals surface area contributed by atoms with Gasteiger partial charge in [0.1, 0.15) is 0 Å². The molecule has 11 nitrogen and oxygen atoms in total. The van der Waals surface area contributed by atoms with Crippen molar-refractivity contribution in [2.75, 3.05) is 57.3 Å². The van der Waals surface area contributed by atoms with Crippen LogP contribution in [0.3, 0.4) is 0 Å². The molecule has 2 aromatic heterocycles. The zero-order valence-corrected chi connectivity index (χ0v) is 27.6. The molecule has 46 heavy (non-hydrogen) atoms. The smallest absolute Gasteiger partial charge is 0.249 e. The number of carbonyl (C=O) groups is 2. The largest absolute Gasteiger partial charge is 0.501 e. The van der Waals surface area contributed by atoms with E-state index in [1.807, 2.05) is 36.1 Å². The zero-order valence-electron chi connectivity index (χ0n) is 26.1. The van der Waals surface area contributed by atoms with E-state index in [9.17, 15) is 9.59 Å². The van der Waals surface area contributed by atoms with Crippen molar-refractivity contribution in [1.29, 1.82) is 0 Å². The van der Waals surface area contributed by atoms with Crippen molar-refractivity contribution in [2.45, 2.75) is 33.2 Å². The summed E-state index contributed by atoms with van der Waals surface area (Å²) in [6.07, 6.45) is 8.20. The molecule has 2 aliphatic heterocycles. The predicted octanol–water partition coefficient (Wildman–Crippen LogP) is 5.18. The second kappa shape index (κ2) is 16.1. The van der Waals surface area contributed by atoms with Crippen LogP contribution in [0.25, 0.3) is 11.3 Å².